The Balaban J connectivity index is 1.18. The lowest BCUT2D eigenvalue weighted by Gasteiger charge is -2.42. The fourth-order valence-corrected chi connectivity index (χ4v) is 6.23. The van der Waals surface area contributed by atoms with Crippen LogP contribution in [0.5, 0.6) is 0 Å². The molecule has 0 radical (unpaired) electrons. The van der Waals surface area contributed by atoms with E-state index in [4.69, 9.17) is 0 Å². The van der Waals surface area contributed by atoms with Crippen molar-refractivity contribution in [3.63, 3.8) is 0 Å². The lowest BCUT2D eigenvalue weighted by Crippen LogP contribution is -2.53. The van der Waals surface area contributed by atoms with Gasteiger partial charge in [-0.3, -0.25) is 14.6 Å². The molecule has 0 aromatic heterocycles. The maximum absolute atomic E-state index is 11.6. The van der Waals surface area contributed by atoms with E-state index in [9.17, 15) is 4.79 Å². The minimum Gasteiger partial charge on any atom is -0.340 e. The fraction of sp³-hybridized carbons (Fsp3) is 0.536. The number of nitrogens with one attached hydrogen (secondary N) is 1. The molecule has 33 heavy (non-hydrogen) atoms. The topological polar surface area (TPSA) is 38.8 Å². The first-order valence-corrected chi connectivity index (χ1v) is 12.8. The van der Waals surface area contributed by atoms with Gasteiger partial charge in [0.05, 0.1) is 6.04 Å². The molecule has 2 aromatic rings. The van der Waals surface area contributed by atoms with Crippen LogP contribution in [-0.2, 0) is 4.79 Å². The molecule has 3 heterocycles. The van der Waals surface area contributed by atoms with Crippen molar-refractivity contribution in [1.82, 2.24) is 20.0 Å². The molecule has 1 N–H and O–H groups in total. The third kappa shape index (κ3) is 5.32. The first-order chi connectivity index (χ1) is 16.2. The molecule has 3 aliphatic heterocycles. The molecule has 5 heteroatoms. The summed E-state index contributed by atoms with van der Waals surface area (Å²) in [6.07, 6.45) is 5.15. The average Bonchev–Trinajstić information content (AvgIpc) is 3.10. The maximum atomic E-state index is 11.6. The molecule has 0 spiro atoms. The Morgan fingerprint density at radius 1 is 0.848 bits per heavy atom. The van der Waals surface area contributed by atoms with Gasteiger partial charge in [-0.2, -0.15) is 0 Å². The SMILES string of the molecule is CC(=O)N1CCN(CCN2[C@@H]3CC[C@H]2C[C@@H](NC(c2ccccc2)c2ccccc2)C3)CC1. The number of rotatable bonds is 7. The molecule has 0 aliphatic carbocycles. The maximum Gasteiger partial charge on any atom is 0.219 e. The van der Waals surface area contributed by atoms with E-state index in [1.807, 2.05) is 4.90 Å². The van der Waals surface area contributed by atoms with E-state index < -0.39 is 0 Å². The predicted molar refractivity (Wildman–Crippen MR) is 133 cm³/mol. The molecule has 5 nitrogen and oxygen atoms in total. The van der Waals surface area contributed by atoms with Crippen molar-refractivity contribution in [2.24, 2.45) is 0 Å². The molecule has 0 saturated carbocycles. The van der Waals surface area contributed by atoms with Gasteiger partial charge in [0.25, 0.3) is 0 Å². The quantitative estimate of drug-likeness (QED) is 0.706. The van der Waals surface area contributed by atoms with E-state index in [0.29, 0.717) is 18.1 Å². The first kappa shape index (κ1) is 22.6. The predicted octanol–water partition coefficient (Wildman–Crippen LogP) is 3.53. The molecule has 3 atom stereocenters. The Morgan fingerprint density at radius 2 is 1.39 bits per heavy atom. The van der Waals surface area contributed by atoms with Gasteiger partial charge in [0, 0.05) is 64.3 Å². The molecule has 3 aliphatic rings. The van der Waals surface area contributed by atoms with Crippen LogP contribution in [0.1, 0.15) is 49.8 Å². The van der Waals surface area contributed by atoms with E-state index in [1.165, 1.54) is 43.4 Å². The molecule has 3 fully saturated rings. The van der Waals surface area contributed by atoms with Crippen molar-refractivity contribution in [3.8, 4) is 0 Å². The second kappa shape index (κ2) is 10.4. The number of benzene rings is 2. The lowest BCUT2D eigenvalue weighted by atomic mass is 9.93. The van der Waals surface area contributed by atoms with Crippen LogP contribution < -0.4 is 5.32 Å². The van der Waals surface area contributed by atoms with Crippen LogP contribution in [0.3, 0.4) is 0 Å². The summed E-state index contributed by atoms with van der Waals surface area (Å²) in [6, 6.07) is 24.0. The van der Waals surface area contributed by atoms with Crippen LogP contribution in [0.15, 0.2) is 60.7 Å². The molecule has 176 valence electrons. The fourth-order valence-electron chi connectivity index (χ4n) is 6.23. The van der Waals surface area contributed by atoms with Gasteiger partial charge in [-0.25, -0.2) is 0 Å². The van der Waals surface area contributed by atoms with Gasteiger partial charge in [0.1, 0.15) is 0 Å². The van der Waals surface area contributed by atoms with Crippen LogP contribution >= 0.6 is 0 Å². The van der Waals surface area contributed by atoms with Crippen molar-refractivity contribution in [2.75, 3.05) is 39.3 Å². The number of carbonyl (C=O) groups excluding carboxylic acids is 1. The van der Waals surface area contributed by atoms with Crippen molar-refractivity contribution in [2.45, 2.75) is 56.8 Å². The summed E-state index contributed by atoms with van der Waals surface area (Å²) >= 11 is 0. The Kier molecular flexibility index (Phi) is 7.10. The largest absolute Gasteiger partial charge is 0.340 e. The molecular weight excluding hydrogens is 408 g/mol. The number of fused-ring (bicyclic) bond motifs is 2. The standard InChI is InChI=1S/C28H38N4O/c1-22(33)31-17-14-30(15-18-31)16-19-32-26-12-13-27(32)21-25(20-26)29-28(23-8-4-2-5-9-23)24-10-6-3-7-11-24/h2-11,25-29H,12-21H2,1H3/t25-,26+,27-. The highest BCUT2D eigenvalue weighted by atomic mass is 16.2. The van der Waals surface area contributed by atoms with E-state index in [-0.39, 0.29) is 11.9 Å². The van der Waals surface area contributed by atoms with Gasteiger partial charge >= 0.3 is 0 Å². The number of amides is 1. The van der Waals surface area contributed by atoms with E-state index in [0.717, 1.165) is 32.7 Å². The summed E-state index contributed by atoms with van der Waals surface area (Å²) in [6.45, 7) is 7.79. The molecule has 0 unspecified atom stereocenters. The zero-order valence-electron chi connectivity index (χ0n) is 19.9. The van der Waals surface area contributed by atoms with Crippen LogP contribution in [0.25, 0.3) is 0 Å². The van der Waals surface area contributed by atoms with Gasteiger partial charge < -0.3 is 10.2 Å². The summed E-state index contributed by atoms with van der Waals surface area (Å²) in [5.41, 5.74) is 2.70. The summed E-state index contributed by atoms with van der Waals surface area (Å²) in [5.74, 6) is 0.214. The Morgan fingerprint density at radius 3 is 1.91 bits per heavy atom. The number of nitrogens with zero attached hydrogens (tertiary/aromatic N) is 3. The zero-order valence-corrected chi connectivity index (χ0v) is 19.9. The van der Waals surface area contributed by atoms with Crippen LogP contribution in [0, 0.1) is 0 Å². The minimum absolute atomic E-state index is 0.214. The average molecular weight is 447 g/mol. The van der Waals surface area contributed by atoms with E-state index in [2.05, 4.69) is 75.8 Å². The summed E-state index contributed by atoms with van der Waals surface area (Å²) in [5, 5.41) is 4.06. The lowest BCUT2D eigenvalue weighted by molar-refractivity contribution is -0.130. The van der Waals surface area contributed by atoms with Gasteiger partial charge in [0.2, 0.25) is 5.91 Å². The third-order valence-electron chi connectivity index (χ3n) is 8.04. The second-order valence-corrected chi connectivity index (χ2v) is 10.1. The summed E-state index contributed by atoms with van der Waals surface area (Å²) in [7, 11) is 0. The highest BCUT2D eigenvalue weighted by molar-refractivity contribution is 5.73. The van der Waals surface area contributed by atoms with Crippen LogP contribution in [-0.4, -0.2) is 78.0 Å². The zero-order chi connectivity index (χ0) is 22.6. The Bertz CT molecular complexity index is 843. The van der Waals surface area contributed by atoms with E-state index in [1.54, 1.807) is 6.92 Å². The number of piperidine rings is 1. The molecule has 5 rings (SSSR count). The first-order valence-electron chi connectivity index (χ1n) is 12.8. The highest BCUT2D eigenvalue weighted by Crippen LogP contribution is 2.37. The van der Waals surface area contributed by atoms with Gasteiger partial charge in [0.15, 0.2) is 0 Å². The number of carbonyl (C=O) groups is 1. The number of hydrogen-bond acceptors (Lipinski definition) is 4. The monoisotopic (exact) mass is 446 g/mol. The molecule has 3 saturated heterocycles. The number of piperazine rings is 1. The minimum atomic E-state index is 0.214. The molecule has 1 amide bonds. The molecule has 2 bridgehead atoms. The molecular formula is C28H38N4O. The van der Waals surface area contributed by atoms with Crippen LogP contribution in [0.4, 0.5) is 0 Å². The number of hydrogen-bond donors (Lipinski definition) is 1. The van der Waals surface area contributed by atoms with Gasteiger partial charge in [-0.1, -0.05) is 60.7 Å². The smallest absolute Gasteiger partial charge is 0.219 e. The van der Waals surface area contributed by atoms with Gasteiger partial charge in [-0.05, 0) is 36.8 Å². The van der Waals surface area contributed by atoms with Crippen molar-refractivity contribution in [3.05, 3.63) is 71.8 Å². The van der Waals surface area contributed by atoms with Crippen molar-refractivity contribution >= 4 is 5.91 Å². The van der Waals surface area contributed by atoms with Crippen molar-refractivity contribution in [1.29, 1.82) is 0 Å². The highest BCUT2D eigenvalue weighted by Gasteiger charge is 2.41. The summed E-state index contributed by atoms with van der Waals surface area (Å²) < 4.78 is 0. The Hall–Kier alpha value is -2.21. The Labute approximate surface area is 198 Å². The third-order valence-corrected chi connectivity index (χ3v) is 8.04. The van der Waals surface area contributed by atoms with E-state index >= 15 is 0 Å². The van der Waals surface area contributed by atoms with Crippen molar-refractivity contribution < 1.29 is 4.79 Å². The normalized spacial score (nSPS) is 26.1. The second-order valence-electron chi connectivity index (χ2n) is 10.1. The summed E-state index contributed by atoms with van der Waals surface area (Å²) in [4.78, 5) is 18.9. The molecule has 2 aromatic carbocycles. The van der Waals surface area contributed by atoms with Gasteiger partial charge in [-0.15, -0.1) is 0 Å². The van der Waals surface area contributed by atoms with Crippen LogP contribution in [0.2, 0.25) is 0 Å².